The minimum atomic E-state index is 0.442. The third kappa shape index (κ3) is 2.07. The molecule has 0 amide bonds. The number of aromatic amines is 1. The molecule has 0 atom stereocenters. The Kier molecular flexibility index (Phi) is 2.92. The van der Waals surface area contributed by atoms with Crippen molar-refractivity contribution in [1.82, 2.24) is 15.0 Å². The lowest BCUT2D eigenvalue weighted by Crippen LogP contribution is -2.06. The zero-order valence-corrected chi connectivity index (χ0v) is 12.1. The molecular formula is C16H21N3. The Bertz CT molecular complexity index is 608. The molecule has 0 aliphatic heterocycles. The van der Waals surface area contributed by atoms with Crippen LogP contribution in [0, 0.1) is 0 Å². The maximum Gasteiger partial charge on any atom is 0.109 e. The van der Waals surface area contributed by atoms with E-state index in [1.54, 1.807) is 0 Å². The first kappa shape index (κ1) is 12.4. The minimum absolute atomic E-state index is 0.442. The number of aryl methyl sites for hydroxylation is 2. The van der Waals surface area contributed by atoms with Crippen LogP contribution in [0.2, 0.25) is 0 Å². The van der Waals surface area contributed by atoms with Gasteiger partial charge in [-0.1, -0.05) is 27.7 Å². The fraction of sp³-hybridized carbons (Fsp3) is 0.500. The highest BCUT2D eigenvalue weighted by Crippen LogP contribution is 2.33. The Balaban J connectivity index is 2.08. The van der Waals surface area contributed by atoms with E-state index in [1.165, 1.54) is 28.2 Å². The van der Waals surface area contributed by atoms with Crippen LogP contribution in [0.4, 0.5) is 0 Å². The van der Waals surface area contributed by atoms with E-state index in [0.29, 0.717) is 11.8 Å². The number of nitrogens with one attached hydrogen (secondary N) is 1. The Labute approximate surface area is 114 Å². The molecule has 19 heavy (non-hydrogen) atoms. The number of hydrogen-bond acceptors (Lipinski definition) is 2. The summed E-state index contributed by atoms with van der Waals surface area (Å²) in [6, 6.07) is 2.26. The first-order chi connectivity index (χ1) is 9.06. The van der Waals surface area contributed by atoms with E-state index in [2.05, 4.69) is 43.7 Å². The van der Waals surface area contributed by atoms with Crippen LogP contribution in [0.3, 0.4) is 0 Å². The van der Waals surface area contributed by atoms with E-state index in [4.69, 9.17) is 4.98 Å². The lowest BCUT2D eigenvalue weighted by molar-refractivity contribution is 0.786. The molecule has 1 N–H and O–H groups in total. The third-order valence-corrected chi connectivity index (χ3v) is 3.85. The highest BCUT2D eigenvalue weighted by atomic mass is 14.9. The van der Waals surface area contributed by atoms with E-state index in [1.807, 2.05) is 6.20 Å². The normalized spacial score (nSPS) is 13.8. The molecule has 0 saturated heterocycles. The molecule has 100 valence electrons. The number of pyridine rings is 1. The molecular weight excluding hydrogens is 234 g/mol. The summed E-state index contributed by atoms with van der Waals surface area (Å²) in [7, 11) is 0. The highest BCUT2D eigenvalue weighted by Gasteiger charge is 2.22. The second-order valence-electron chi connectivity index (χ2n) is 6.02. The number of hydrogen-bond donors (Lipinski definition) is 1. The predicted molar refractivity (Wildman–Crippen MR) is 77.4 cm³/mol. The Hall–Kier alpha value is -1.64. The van der Waals surface area contributed by atoms with Crippen molar-refractivity contribution in [3.63, 3.8) is 0 Å². The van der Waals surface area contributed by atoms with Crippen molar-refractivity contribution >= 4 is 0 Å². The van der Waals surface area contributed by atoms with Gasteiger partial charge in [0.05, 0.1) is 11.4 Å². The molecule has 0 saturated carbocycles. The smallest absolute Gasteiger partial charge is 0.109 e. The van der Waals surface area contributed by atoms with E-state index < -0.39 is 0 Å². The maximum atomic E-state index is 4.72. The fourth-order valence-electron chi connectivity index (χ4n) is 2.62. The Morgan fingerprint density at radius 2 is 1.89 bits per heavy atom. The van der Waals surface area contributed by atoms with Gasteiger partial charge in [-0.3, -0.25) is 4.98 Å². The molecule has 2 aromatic rings. The number of H-pyrrole nitrogens is 1. The average Bonchev–Trinajstić information content (AvgIpc) is 2.82. The largest absolute Gasteiger partial charge is 0.342 e. The zero-order chi connectivity index (χ0) is 13.6. The van der Waals surface area contributed by atoms with Crippen LogP contribution in [0.5, 0.6) is 0 Å². The number of nitrogens with zero attached hydrogens (tertiary/aromatic N) is 2. The van der Waals surface area contributed by atoms with Gasteiger partial charge in [-0.25, -0.2) is 4.98 Å². The highest BCUT2D eigenvalue weighted by molar-refractivity contribution is 5.68. The van der Waals surface area contributed by atoms with Crippen LogP contribution in [-0.4, -0.2) is 15.0 Å². The van der Waals surface area contributed by atoms with Gasteiger partial charge >= 0.3 is 0 Å². The maximum absolute atomic E-state index is 4.72. The molecule has 3 rings (SSSR count). The first-order valence-corrected chi connectivity index (χ1v) is 7.14. The van der Waals surface area contributed by atoms with Gasteiger partial charge in [-0.2, -0.15) is 0 Å². The van der Waals surface area contributed by atoms with Crippen molar-refractivity contribution in [3.05, 3.63) is 35.0 Å². The molecule has 1 aliphatic rings. The van der Waals surface area contributed by atoms with Crippen LogP contribution in [0.25, 0.3) is 11.3 Å². The van der Waals surface area contributed by atoms with Gasteiger partial charge in [-0.15, -0.1) is 0 Å². The average molecular weight is 255 g/mol. The molecule has 0 unspecified atom stereocenters. The van der Waals surface area contributed by atoms with Crippen molar-refractivity contribution in [2.24, 2.45) is 0 Å². The molecule has 3 heteroatoms. The van der Waals surface area contributed by atoms with Crippen LogP contribution < -0.4 is 0 Å². The van der Waals surface area contributed by atoms with E-state index in [9.17, 15) is 0 Å². The number of rotatable bonds is 2. The summed E-state index contributed by atoms with van der Waals surface area (Å²) >= 11 is 0. The second kappa shape index (κ2) is 4.48. The third-order valence-electron chi connectivity index (χ3n) is 3.85. The number of aromatic nitrogens is 3. The Morgan fingerprint density at radius 1 is 1.11 bits per heavy atom. The van der Waals surface area contributed by atoms with Crippen molar-refractivity contribution < 1.29 is 0 Å². The molecule has 0 bridgehead atoms. The monoisotopic (exact) mass is 255 g/mol. The number of fused-ring (bicyclic) bond motifs is 3. The molecule has 0 aromatic carbocycles. The Morgan fingerprint density at radius 3 is 2.58 bits per heavy atom. The summed E-state index contributed by atoms with van der Waals surface area (Å²) in [5.74, 6) is 2.02. The quantitative estimate of drug-likeness (QED) is 0.886. The topological polar surface area (TPSA) is 41.6 Å². The van der Waals surface area contributed by atoms with Gasteiger partial charge in [-0.05, 0) is 30.4 Å². The summed E-state index contributed by atoms with van der Waals surface area (Å²) in [5, 5.41) is 0. The SMILES string of the molecule is CC(C)c1cc2c(cn1)-c1[nH]c(C(C)C)nc1CC2. The van der Waals surface area contributed by atoms with Crippen molar-refractivity contribution in [2.45, 2.75) is 52.4 Å². The van der Waals surface area contributed by atoms with Gasteiger partial charge in [0.1, 0.15) is 5.82 Å². The van der Waals surface area contributed by atoms with Gasteiger partial charge in [0.15, 0.2) is 0 Å². The summed E-state index contributed by atoms with van der Waals surface area (Å²) in [4.78, 5) is 12.8. The van der Waals surface area contributed by atoms with Gasteiger partial charge in [0.2, 0.25) is 0 Å². The van der Waals surface area contributed by atoms with Gasteiger partial charge < -0.3 is 4.98 Å². The van der Waals surface area contributed by atoms with Crippen LogP contribution in [-0.2, 0) is 12.8 Å². The van der Waals surface area contributed by atoms with Gasteiger partial charge in [0, 0.05) is 23.4 Å². The van der Waals surface area contributed by atoms with Crippen LogP contribution in [0.1, 0.15) is 62.3 Å². The summed E-state index contributed by atoms with van der Waals surface area (Å²) in [5.41, 5.74) is 6.23. The molecule has 2 heterocycles. The first-order valence-electron chi connectivity index (χ1n) is 7.14. The van der Waals surface area contributed by atoms with E-state index >= 15 is 0 Å². The lowest BCUT2D eigenvalue weighted by Gasteiger charge is -2.16. The van der Waals surface area contributed by atoms with Crippen LogP contribution in [0.15, 0.2) is 12.3 Å². The van der Waals surface area contributed by atoms with Gasteiger partial charge in [0.25, 0.3) is 0 Å². The summed E-state index contributed by atoms with van der Waals surface area (Å²) in [6.45, 7) is 8.72. The van der Waals surface area contributed by atoms with Crippen molar-refractivity contribution in [1.29, 1.82) is 0 Å². The van der Waals surface area contributed by atoms with Crippen molar-refractivity contribution in [2.75, 3.05) is 0 Å². The molecule has 1 aliphatic carbocycles. The predicted octanol–water partition coefficient (Wildman–Crippen LogP) is 3.82. The second-order valence-corrected chi connectivity index (χ2v) is 6.02. The van der Waals surface area contributed by atoms with Crippen LogP contribution >= 0.6 is 0 Å². The molecule has 0 radical (unpaired) electrons. The zero-order valence-electron chi connectivity index (χ0n) is 12.1. The summed E-state index contributed by atoms with van der Waals surface area (Å²) in [6.07, 6.45) is 4.13. The number of imidazole rings is 1. The molecule has 0 fully saturated rings. The summed E-state index contributed by atoms with van der Waals surface area (Å²) < 4.78 is 0. The van der Waals surface area contributed by atoms with Crippen molar-refractivity contribution in [3.8, 4) is 11.3 Å². The fourth-order valence-corrected chi connectivity index (χ4v) is 2.62. The standard InChI is InChI=1S/C16H21N3/c1-9(2)14-7-11-5-6-13-15(12(11)8-17-14)19-16(18-13)10(3)4/h7-10H,5-6H2,1-4H3,(H,18,19). The molecule has 2 aromatic heterocycles. The van der Waals surface area contributed by atoms with E-state index in [0.717, 1.165) is 18.7 Å². The minimum Gasteiger partial charge on any atom is -0.342 e. The molecule has 3 nitrogen and oxygen atoms in total. The molecule has 0 spiro atoms. The van der Waals surface area contributed by atoms with E-state index in [-0.39, 0.29) is 0 Å². The lowest BCUT2D eigenvalue weighted by atomic mass is 9.92.